The first-order chi connectivity index (χ1) is 21.9. The van der Waals surface area contributed by atoms with E-state index in [0.29, 0.717) is 42.9 Å². The molecule has 0 radical (unpaired) electrons. The molecule has 0 bridgehead atoms. The third-order valence-corrected chi connectivity index (χ3v) is 8.72. The van der Waals surface area contributed by atoms with Gasteiger partial charge in [0.15, 0.2) is 0 Å². The molecule has 1 saturated carbocycles. The van der Waals surface area contributed by atoms with E-state index in [1.165, 1.54) is 6.42 Å². The number of hydrogen-bond acceptors (Lipinski definition) is 5. The zero-order valence-corrected chi connectivity index (χ0v) is 26.1. The second kappa shape index (κ2) is 15.6. The van der Waals surface area contributed by atoms with Gasteiger partial charge in [-0.1, -0.05) is 67.8 Å². The van der Waals surface area contributed by atoms with E-state index < -0.39 is 12.1 Å². The van der Waals surface area contributed by atoms with Crippen LogP contribution in [0.15, 0.2) is 78.9 Å². The molecule has 2 aliphatic rings. The highest BCUT2D eigenvalue weighted by molar-refractivity contribution is 6.00. The van der Waals surface area contributed by atoms with Crippen molar-refractivity contribution in [3.63, 3.8) is 0 Å². The van der Waals surface area contributed by atoms with E-state index in [1.54, 1.807) is 21.9 Å². The van der Waals surface area contributed by atoms with Gasteiger partial charge in [0.05, 0.1) is 18.7 Å². The summed E-state index contributed by atoms with van der Waals surface area (Å²) in [5.41, 5.74) is 3.52. The van der Waals surface area contributed by atoms with Crippen molar-refractivity contribution in [1.82, 2.24) is 15.5 Å². The Labute approximate surface area is 266 Å². The van der Waals surface area contributed by atoms with Crippen LogP contribution in [0.2, 0.25) is 0 Å². The Morgan fingerprint density at radius 2 is 1.64 bits per heavy atom. The number of likely N-dealkylation sites (N-methyl/N-ethyl adjacent to an activating group) is 1. The smallest absolute Gasteiger partial charge is 0.317 e. The molecular weight excluding hydrogens is 566 g/mol. The molecule has 1 aliphatic carbocycles. The lowest BCUT2D eigenvalue weighted by atomic mass is 9.96. The molecule has 1 heterocycles. The Bertz CT molecular complexity index is 1430. The van der Waals surface area contributed by atoms with Gasteiger partial charge >= 0.3 is 6.03 Å². The molecule has 3 aromatic carbocycles. The van der Waals surface area contributed by atoms with Crippen molar-refractivity contribution in [3.05, 3.63) is 90.0 Å². The first kappa shape index (κ1) is 32.0. The van der Waals surface area contributed by atoms with E-state index in [4.69, 9.17) is 0 Å². The fraction of sp³-hybridized carbons (Fsp3) is 0.417. The first-order valence-corrected chi connectivity index (χ1v) is 16.3. The Kier molecular flexibility index (Phi) is 11.1. The highest BCUT2D eigenvalue weighted by Crippen LogP contribution is 2.28. The van der Waals surface area contributed by atoms with Crippen LogP contribution in [-0.4, -0.2) is 65.7 Å². The Hall–Kier alpha value is -4.37. The predicted octanol–water partition coefficient (Wildman–Crippen LogP) is 5.62. The van der Waals surface area contributed by atoms with Crippen LogP contribution in [0.1, 0.15) is 67.8 Å². The van der Waals surface area contributed by atoms with Crippen LogP contribution in [0.5, 0.6) is 0 Å². The molecule has 5 rings (SSSR count). The van der Waals surface area contributed by atoms with Crippen molar-refractivity contribution >= 4 is 34.9 Å². The predicted molar refractivity (Wildman–Crippen MR) is 178 cm³/mol. The van der Waals surface area contributed by atoms with Gasteiger partial charge in [0.1, 0.15) is 0 Å². The highest BCUT2D eigenvalue weighted by atomic mass is 16.3. The zero-order chi connectivity index (χ0) is 31.6. The van der Waals surface area contributed by atoms with E-state index >= 15 is 0 Å². The molecule has 0 unspecified atom stereocenters. The van der Waals surface area contributed by atoms with Crippen molar-refractivity contribution in [2.24, 2.45) is 0 Å². The van der Waals surface area contributed by atoms with Gasteiger partial charge in [-0.05, 0) is 68.5 Å². The number of amides is 4. The fourth-order valence-electron chi connectivity index (χ4n) is 6.20. The van der Waals surface area contributed by atoms with Crippen molar-refractivity contribution in [2.75, 3.05) is 29.9 Å². The van der Waals surface area contributed by atoms with Gasteiger partial charge < -0.3 is 30.9 Å². The van der Waals surface area contributed by atoms with Crippen LogP contribution < -0.4 is 20.9 Å². The fourth-order valence-corrected chi connectivity index (χ4v) is 6.20. The average molecular weight is 612 g/mol. The number of nitrogens with zero attached hydrogens (tertiary/aromatic N) is 2. The number of carbonyl (C=O) groups is 3. The third-order valence-electron chi connectivity index (χ3n) is 8.72. The number of aliphatic hydroxyl groups excluding tert-OH is 1. The SMILES string of the molecule is CCN(C[C@H](O)[C@H](Cc1ccccc1)NC(=O)c1cc(Nc2ccccc2)cc(N2CCCC2=O)c1)C(=O)NC1CCCCC1. The molecular formula is C36H45N5O4. The number of aliphatic hydroxyl groups is 1. The number of hydrogen-bond donors (Lipinski definition) is 4. The van der Waals surface area contributed by atoms with Gasteiger partial charge in [0.25, 0.3) is 5.91 Å². The van der Waals surface area contributed by atoms with Crippen LogP contribution in [0.4, 0.5) is 21.9 Å². The van der Waals surface area contributed by atoms with Crippen molar-refractivity contribution < 1.29 is 19.5 Å². The maximum absolute atomic E-state index is 13.9. The Morgan fingerprint density at radius 3 is 2.31 bits per heavy atom. The second-order valence-corrected chi connectivity index (χ2v) is 12.1. The number of para-hydroxylation sites is 1. The van der Waals surface area contributed by atoms with Crippen LogP contribution in [-0.2, 0) is 11.2 Å². The van der Waals surface area contributed by atoms with E-state index in [2.05, 4.69) is 16.0 Å². The lowest BCUT2D eigenvalue weighted by Crippen LogP contribution is -2.53. The summed E-state index contributed by atoms with van der Waals surface area (Å²) in [6.07, 6.45) is 5.98. The number of anilines is 3. The summed E-state index contributed by atoms with van der Waals surface area (Å²) in [6, 6.07) is 24.0. The maximum atomic E-state index is 13.9. The zero-order valence-electron chi connectivity index (χ0n) is 26.1. The maximum Gasteiger partial charge on any atom is 0.317 e. The number of rotatable bonds is 12. The molecule has 45 heavy (non-hydrogen) atoms. The third kappa shape index (κ3) is 8.85. The molecule has 3 aromatic rings. The van der Waals surface area contributed by atoms with Crippen molar-refractivity contribution in [1.29, 1.82) is 0 Å². The summed E-state index contributed by atoms with van der Waals surface area (Å²) >= 11 is 0. The normalized spacial score (nSPS) is 16.6. The Balaban J connectivity index is 1.36. The van der Waals surface area contributed by atoms with E-state index in [-0.39, 0.29) is 30.4 Å². The lowest BCUT2D eigenvalue weighted by molar-refractivity contribution is -0.117. The highest BCUT2D eigenvalue weighted by Gasteiger charge is 2.28. The Morgan fingerprint density at radius 1 is 0.933 bits per heavy atom. The van der Waals surface area contributed by atoms with Gasteiger partial charge in [-0.3, -0.25) is 9.59 Å². The minimum absolute atomic E-state index is 0.0294. The molecule has 0 aromatic heterocycles. The van der Waals surface area contributed by atoms with Crippen LogP contribution >= 0.6 is 0 Å². The topological polar surface area (TPSA) is 114 Å². The lowest BCUT2D eigenvalue weighted by Gasteiger charge is -2.32. The number of nitrogens with one attached hydrogen (secondary N) is 3. The summed E-state index contributed by atoms with van der Waals surface area (Å²) in [6.45, 7) is 3.00. The molecule has 1 aliphatic heterocycles. The van der Waals surface area contributed by atoms with Crippen LogP contribution in [0.3, 0.4) is 0 Å². The van der Waals surface area contributed by atoms with Gasteiger partial charge in [0, 0.05) is 48.2 Å². The largest absolute Gasteiger partial charge is 0.389 e. The quantitative estimate of drug-likeness (QED) is 0.212. The van der Waals surface area contributed by atoms with Crippen molar-refractivity contribution in [3.8, 4) is 0 Å². The summed E-state index contributed by atoms with van der Waals surface area (Å²) in [5.74, 6) is -0.337. The number of benzene rings is 3. The average Bonchev–Trinajstić information content (AvgIpc) is 3.50. The van der Waals surface area contributed by atoms with Crippen LogP contribution in [0.25, 0.3) is 0 Å². The monoisotopic (exact) mass is 611 g/mol. The summed E-state index contributed by atoms with van der Waals surface area (Å²) in [7, 11) is 0. The molecule has 4 N–H and O–H groups in total. The molecule has 1 saturated heterocycles. The minimum Gasteiger partial charge on any atom is -0.389 e. The van der Waals surface area contributed by atoms with Gasteiger partial charge in [-0.15, -0.1) is 0 Å². The standard InChI is InChI=1S/C36H45N5O4/c1-2-40(36(45)38-29-17-10-5-11-18-29)25-33(42)32(21-26-13-6-3-7-14-26)39-35(44)27-22-30(37-28-15-8-4-9-16-28)24-31(23-27)41-20-12-19-34(41)43/h3-4,6-9,13-16,22-24,29,32-33,37,42H,2,5,10-12,17-21,25H2,1H3,(H,38,45)(H,39,44)/t32-,33-/m0/s1. The molecule has 0 spiro atoms. The summed E-state index contributed by atoms with van der Waals surface area (Å²) in [5, 5.41) is 21.1. The molecule has 4 amide bonds. The molecule has 9 nitrogen and oxygen atoms in total. The number of carbonyl (C=O) groups excluding carboxylic acids is 3. The molecule has 2 fully saturated rings. The second-order valence-electron chi connectivity index (χ2n) is 12.1. The molecule has 238 valence electrons. The van der Waals surface area contributed by atoms with Gasteiger partial charge in [-0.2, -0.15) is 0 Å². The van der Waals surface area contributed by atoms with Gasteiger partial charge in [0.2, 0.25) is 5.91 Å². The minimum atomic E-state index is -1.02. The first-order valence-electron chi connectivity index (χ1n) is 16.3. The summed E-state index contributed by atoms with van der Waals surface area (Å²) in [4.78, 5) is 43.0. The summed E-state index contributed by atoms with van der Waals surface area (Å²) < 4.78 is 0. The van der Waals surface area contributed by atoms with E-state index in [9.17, 15) is 19.5 Å². The van der Waals surface area contributed by atoms with E-state index in [0.717, 1.165) is 43.4 Å². The van der Waals surface area contributed by atoms with Crippen molar-refractivity contribution in [2.45, 2.75) is 76.5 Å². The van der Waals surface area contributed by atoms with Gasteiger partial charge in [-0.25, -0.2) is 4.79 Å². The van der Waals surface area contributed by atoms with E-state index in [1.807, 2.05) is 73.7 Å². The molecule has 2 atom stereocenters. The van der Waals surface area contributed by atoms with Crippen LogP contribution in [0, 0.1) is 0 Å². The number of urea groups is 1. The molecule has 9 heteroatoms.